The summed E-state index contributed by atoms with van der Waals surface area (Å²) in [7, 11) is -3.36. The SMILES string of the molecule is Cc1cc(S(=O)(=O)Cc2nc(C)c(C)s2)ccc1N. The molecular weight excluding hydrogens is 280 g/mol. The summed E-state index contributed by atoms with van der Waals surface area (Å²) in [5.74, 6) is -0.0598. The fraction of sp³-hybridized carbons (Fsp3) is 0.308. The topological polar surface area (TPSA) is 73.0 Å². The van der Waals surface area contributed by atoms with Crippen molar-refractivity contribution < 1.29 is 8.42 Å². The molecule has 0 saturated carbocycles. The molecule has 0 saturated heterocycles. The average molecular weight is 296 g/mol. The third kappa shape index (κ3) is 2.96. The Morgan fingerprint density at radius 1 is 1.26 bits per heavy atom. The van der Waals surface area contributed by atoms with Crippen molar-refractivity contribution in [2.45, 2.75) is 31.4 Å². The van der Waals surface area contributed by atoms with E-state index in [4.69, 9.17) is 5.73 Å². The second-order valence-electron chi connectivity index (χ2n) is 4.53. The maximum atomic E-state index is 12.3. The van der Waals surface area contributed by atoms with Gasteiger partial charge in [0, 0.05) is 10.6 Å². The van der Waals surface area contributed by atoms with Crippen LogP contribution in [-0.2, 0) is 15.6 Å². The lowest BCUT2D eigenvalue weighted by molar-refractivity contribution is 0.595. The largest absolute Gasteiger partial charge is 0.399 e. The van der Waals surface area contributed by atoms with Crippen LogP contribution in [0.25, 0.3) is 0 Å². The number of nitrogen functional groups attached to an aromatic ring is 1. The minimum atomic E-state index is -3.36. The lowest BCUT2D eigenvalue weighted by atomic mass is 10.2. The van der Waals surface area contributed by atoms with Gasteiger partial charge in [-0.05, 0) is 44.5 Å². The first-order valence-corrected chi connectivity index (χ1v) is 8.28. The quantitative estimate of drug-likeness (QED) is 0.884. The lowest BCUT2D eigenvalue weighted by Gasteiger charge is -2.05. The summed E-state index contributed by atoms with van der Waals surface area (Å²) in [6.45, 7) is 5.62. The highest BCUT2D eigenvalue weighted by molar-refractivity contribution is 7.90. The molecule has 0 aliphatic heterocycles. The number of nitrogens with two attached hydrogens (primary N) is 1. The second kappa shape index (κ2) is 4.94. The van der Waals surface area contributed by atoms with E-state index in [-0.39, 0.29) is 5.75 Å². The Morgan fingerprint density at radius 3 is 2.47 bits per heavy atom. The number of thiazole rings is 1. The molecule has 0 bridgehead atoms. The average Bonchev–Trinajstić information content (AvgIpc) is 2.60. The van der Waals surface area contributed by atoms with E-state index in [9.17, 15) is 8.42 Å². The van der Waals surface area contributed by atoms with Crippen LogP contribution in [0.5, 0.6) is 0 Å². The van der Waals surface area contributed by atoms with E-state index in [1.165, 1.54) is 11.3 Å². The predicted octanol–water partition coefficient (Wildman–Crippen LogP) is 2.62. The van der Waals surface area contributed by atoms with E-state index in [1.807, 2.05) is 13.8 Å². The van der Waals surface area contributed by atoms with Gasteiger partial charge < -0.3 is 5.73 Å². The Balaban J connectivity index is 2.34. The fourth-order valence-corrected chi connectivity index (χ4v) is 4.31. The number of hydrogen-bond donors (Lipinski definition) is 1. The summed E-state index contributed by atoms with van der Waals surface area (Å²) in [6.07, 6.45) is 0. The Kier molecular flexibility index (Phi) is 3.64. The third-order valence-electron chi connectivity index (χ3n) is 2.99. The van der Waals surface area contributed by atoms with Gasteiger partial charge in [0.2, 0.25) is 0 Å². The van der Waals surface area contributed by atoms with E-state index >= 15 is 0 Å². The van der Waals surface area contributed by atoms with Gasteiger partial charge in [0.25, 0.3) is 0 Å². The number of aryl methyl sites for hydroxylation is 3. The van der Waals surface area contributed by atoms with E-state index in [1.54, 1.807) is 25.1 Å². The molecule has 0 atom stereocenters. The van der Waals surface area contributed by atoms with Crippen LogP contribution in [0.3, 0.4) is 0 Å². The van der Waals surface area contributed by atoms with E-state index in [2.05, 4.69) is 4.98 Å². The Morgan fingerprint density at radius 2 is 1.95 bits per heavy atom. The third-order valence-corrected chi connectivity index (χ3v) is 5.87. The molecule has 19 heavy (non-hydrogen) atoms. The van der Waals surface area contributed by atoms with Crippen molar-refractivity contribution in [2.24, 2.45) is 0 Å². The van der Waals surface area contributed by atoms with Crippen LogP contribution < -0.4 is 5.73 Å². The summed E-state index contributed by atoms with van der Waals surface area (Å²) in [5.41, 5.74) is 7.96. The maximum absolute atomic E-state index is 12.3. The smallest absolute Gasteiger partial charge is 0.184 e. The molecule has 0 spiro atoms. The minimum Gasteiger partial charge on any atom is -0.399 e. The van der Waals surface area contributed by atoms with E-state index < -0.39 is 9.84 Å². The summed E-state index contributed by atoms with van der Waals surface area (Å²) >= 11 is 1.43. The van der Waals surface area contributed by atoms with Crippen LogP contribution in [0, 0.1) is 20.8 Å². The van der Waals surface area contributed by atoms with Gasteiger partial charge >= 0.3 is 0 Å². The normalized spacial score (nSPS) is 11.7. The summed E-state index contributed by atoms with van der Waals surface area (Å²) < 4.78 is 24.6. The molecule has 4 nitrogen and oxygen atoms in total. The van der Waals surface area contributed by atoms with Crippen molar-refractivity contribution in [3.05, 3.63) is 39.3 Å². The molecule has 1 heterocycles. The highest BCUT2D eigenvalue weighted by Gasteiger charge is 2.18. The number of benzene rings is 1. The number of anilines is 1. The molecule has 1 aromatic heterocycles. The van der Waals surface area contributed by atoms with Crippen molar-refractivity contribution in [3.63, 3.8) is 0 Å². The first kappa shape index (κ1) is 14.0. The van der Waals surface area contributed by atoms with Crippen molar-refractivity contribution in [3.8, 4) is 0 Å². The number of nitrogens with zero attached hydrogens (tertiary/aromatic N) is 1. The zero-order chi connectivity index (χ0) is 14.2. The zero-order valence-corrected chi connectivity index (χ0v) is 12.7. The standard InChI is InChI=1S/C13H16N2O2S2/c1-8-6-11(4-5-12(8)14)19(16,17)7-13-15-9(2)10(3)18-13/h4-6H,7,14H2,1-3H3. The van der Waals surface area contributed by atoms with Crippen LogP contribution in [0.15, 0.2) is 23.1 Å². The van der Waals surface area contributed by atoms with Gasteiger partial charge in [-0.3, -0.25) is 0 Å². The van der Waals surface area contributed by atoms with Crippen LogP contribution in [0.2, 0.25) is 0 Å². The zero-order valence-electron chi connectivity index (χ0n) is 11.1. The summed E-state index contributed by atoms with van der Waals surface area (Å²) in [6, 6.07) is 4.78. The van der Waals surface area contributed by atoms with Gasteiger partial charge in [-0.2, -0.15) is 0 Å². The Hall–Kier alpha value is -1.40. The monoisotopic (exact) mass is 296 g/mol. The van der Waals surface area contributed by atoms with Gasteiger partial charge in [0.05, 0.1) is 10.6 Å². The molecular formula is C13H16N2O2S2. The van der Waals surface area contributed by atoms with E-state index in [0.29, 0.717) is 15.6 Å². The van der Waals surface area contributed by atoms with Gasteiger partial charge in [0.15, 0.2) is 9.84 Å². The highest BCUT2D eigenvalue weighted by atomic mass is 32.2. The number of sulfone groups is 1. The minimum absolute atomic E-state index is 0.0598. The van der Waals surface area contributed by atoms with Crippen molar-refractivity contribution in [1.29, 1.82) is 0 Å². The van der Waals surface area contributed by atoms with Crippen molar-refractivity contribution >= 4 is 26.9 Å². The van der Waals surface area contributed by atoms with Crippen LogP contribution in [0.1, 0.15) is 21.1 Å². The molecule has 2 rings (SSSR count). The molecule has 0 fully saturated rings. The second-order valence-corrected chi connectivity index (χ2v) is 7.80. The summed E-state index contributed by atoms with van der Waals surface area (Å²) in [4.78, 5) is 5.63. The molecule has 1 aromatic carbocycles. The Bertz CT molecular complexity index is 699. The van der Waals surface area contributed by atoms with Gasteiger partial charge in [-0.1, -0.05) is 0 Å². The molecule has 0 aliphatic carbocycles. The molecule has 6 heteroatoms. The molecule has 0 radical (unpaired) electrons. The first-order valence-electron chi connectivity index (χ1n) is 5.81. The van der Waals surface area contributed by atoms with Crippen LogP contribution >= 0.6 is 11.3 Å². The molecule has 0 amide bonds. The summed E-state index contributed by atoms with van der Waals surface area (Å²) in [5, 5.41) is 0.629. The lowest BCUT2D eigenvalue weighted by Crippen LogP contribution is -2.05. The van der Waals surface area contributed by atoms with Crippen molar-refractivity contribution in [1.82, 2.24) is 4.98 Å². The first-order chi connectivity index (χ1) is 8.79. The molecule has 2 aromatic rings. The van der Waals surface area contributed by atoms with Gasteiger partial charge in [-0.25, -0.2) is 13.4 Å². The molecule has 102 valence electrons. The molecule has 0 unspecified atom stereocenters. The number of aromatic nitrogens is 1. The Labute approximate surface area is 117 Å². The van der Waals surface area contributed by atoms with Crippen molar-refractivity contribution in [2.75, 3.05) is 5.73 Å². The number of rotatable bonds is 3. The van der Waals surface area contributed by atoms with Gasteiger partial charge in [0.1, 0.15) is 10.8 Å². The van der Waals surface area contributed by atoms with Crippen LogP contribution in [0.4, 0.5) is 5.69 Å². The number of hydrogen-bond acceptors (Lipinski definition) is 5. The van der Waals surface area contributed by atoms with Crippen LogP contribution in [-0.4, -0.2) is 13.4 Å². The highest BCUT2D eigenvalue weighted by Crippen LogP contribution is 2.24. The fourth-order valence-electron chi connectivity index (χ4n) is 1.69. The molecule has 2 N–H and O–H groups in total. The predicted molar refractivity (Wildman–Crippen MR) is 78.1 cm³/mol. The molecule has 0 aliphatic rings. The van der Waals surface area contributed by atoms with E-state index in [0.717, 1.165) is 16.1 Å². The van der Waals surface area contributed by atoms with Gasteiger partial charge in [-0.15, -0.1) is 11.3 Å². The maximum Gasteiger partial charge on any atom is 0.184 e.